The summed E-state index contributed by atoms with van der Waals surface area (Å²) >= 11 is 1.13. The predicted molar refractivity (Wildman–Crippen MR) is 77.9 cm³/mol. The fraction of sp³-hybridized carbons (Fsp3) is 0.357. The lowest BCUT2D eigenvalue weighted by Gasteiger charge is -2.14. The van der Waals surface area contributed by atoms with Gasteiger partial charge in [-0.3, -0.25) is 4.79 Å². The van der Waals surface area contributed by atoms with Crippen LogP contribution in [0.15, 0.2) is 29.3 Å². The summed E-state index contributed by atoms with van der Waals surface area (Å²) in [5.41, 5.74) is 2.23. The molecule has 0 fully saturated rings. The normalized spacial score (nSPS) is 14.2. The third kappa shape index (κ3) is 3.46. The van der Waals surface area contributed by atoms with E-state index in [9.17, 15) is 15.0 Å². The molecular formula is C14H16N2O3S. The molecule has 2 N–H and O–H groups in total. The van der Waals surface area contributed by atoms with Crippen molar-refractivity contribution in [1.29, 1.82) is 0 Å². The number of carboxylic acid groups (broad SMARTS) is 1. The Morgan fingerprint density at radius 2 is 1.90 bits per heavy atom. The van der Waals surface area contributed by atoms with Crippen LogP contribution in [0.25, 0.3) is 11.0 Å². The van der Waals surface area contributed by atoms with Crippen molar-refractivity contribution in [1.82, 2.24) is 9.97 Å². The minimum Gasteiger partial charge on any atom is -0.480 e. The quantitative estimate of drug-likeness (QED) is 0.822. The van der Waals surface area contributed by atoms with E-state index in [1.807, 2.05) is 31.2 Å². The maximum absolute atomic E-state index is 11.2. The molecule has 1 aromatic heterocycles. The highest BCUT2D eigenvalue weighted by Gasteiger charge is 2.23. The van der Waals surface area contributed by atoms with E-state index in [4.69, 9.17) is 0 Å². The summed E-state index contributed by atoms with van der Waals surface area (Å²) in [6.45, 7) is 3.39. The third-order valence-electron chi connectivity index (χ3n) is 2.79. The van der Waals surface area contributed by atoms with E-state index in [0.29, 0.717) is 10.7 Å². The number of aliphatic hydroxyl groups is 1. The SMILES string of the molecule is Cc1nc2ccccc2nc1SC(CC(C)O)C(=O)O. The van der Waals surface area contributed by atoms with Crippen LogP contribution < -0.4 is 0 Å². The van der Waals surface area contributed by atoms with Crippen molar-refractivity contribution in [3.8, 4) is 0 Å². The number of aromatic nitrogens is 2. The van der Waals surface area contributed by atoms with Gasteiger partial charge in [-0.25, -0.2) is 9.97 Å². The molecule has 1 aromatic carbocycles. The topological polar surface area (TPSA) is 83.3 Å². The number of aliphatic hydroxyl groups excluding tert-OH is 1. The van der Waals surface area contributed by atoms with Crippen molar-refractivity contribution in [2.75, 3.05) is 0 Å². The van der Waals surface area contributed by atoms with E-state index < -0.39 is 17.3 Å². The summed E-state index contributed by atoms with van der Waals surface area (Å²) < 4.78 is 0. The van der Waals surface area contributed by atoms with Crippen LogP contribution in [0.3, 0.4) is 0 Å². The summed E-state index contributed by atoms with van der Waals surface area (Å²) in [6.07, 6.45) is -0.495. The summed E-state index contributed by atoms with van der Waals surface area (Å²) in [7, 11) is 0. The zero-order valence-corrected chi connectivity index (χ0v) is 12.1. The van der Waals surface area contributed by atoms with Crippen molar-refractivity contribution < 1.29 is 15.0 Å². The van der Waals surface area contributed by atoms with Crippen LogP contribution >= 0.6 is 11.8 Å². The van der Waals surface area contributed by atoms with E-state index in [2.05, 4.69) is 9.97 Å². The molecule has 106 valence electrons. The van der Waals surface area contributed by atoms with E-state index in [1.54, 1.807) is 6.92 Å². The molecule has 2 atom stereocenters. The van der Waals surface area contributed by atoms with Gasteiger partial charge in [0, 0.05) is 0 Å². The Hall–Kier alpha value is -1.66. The van der Waals surface area contributed by atoms with Gasteiger partial charge < -0.3 is 10.2 Å². The highest BCUT2D eigenvalue weighted by molar-refractivity contribution is 8.00. The zero-order chi connectivity index (χ0) is 14.7. The Balaban J connectivity index is 2.31. The summed E-state index contributed by atoms with van der Waals surface area (Å²) in [5.74, 6) is -0.953. The van der Waals surface area contributed by atoms with Gasteiger partial charge in [-0.05, 0) is 32.4 Å². The van der Waals surface area contributed by atoms with Gasteiger partial charge in [0.1, 0.15) is 10.3 Å². The molecule has 0 saturated carbocycles. The minimum atomic E-state index is -0.953. The lowest BCUT2D eigenvalue weighted by molar-refractivity contribution is -0.136. The van der Waals surface area contributed by atoms with Crippen molar-refractivity contribution in [2.24, 2.45) is 0 Å². The molecule has 2 aromatic rings. The number of fused-ring (bicyclic) bond motifs is 1. The first-order valence-corrected chi connectivity index (χ1v) is 7.16. The van der Waals surface area contributed by atoms with Gasteiger partial charge in [0.2, 0.25) is 0 Å². The van der Waals surface area contributed by atoms with Crippen molar-refractivity contribution in [2.45, 2.75) is 36.6 Å². The molecule has 0 aliphatic heterocycles. The maximum atomic E-state index is 11.2. The first-order valence-electron chi connectivity index (χ1n) is 6.28. The number of thioether (sulfide) groups is 1. The first-order chi connectivity index (χ1) is 9.47. The van der Waals surface area contributed by atoms with Gasteiger partial charge in [0.25, 0.3) is 0 Å². The number of carbonyl (C=O) groups is 1. The van der Waals surface area contributed by atoms with Crippen LogP contribution in [-0.2, 0) is 4.79 Å². The first kappa shape index (κ1) is 14.7. The standard InChI is InChI=1S/C14H16N2O3S/c1-8(17)7-12(14(18)19)20-13-9(2)15-10-5-3-4-6-11(10)16-13/h3-6,8,12,17H,7H2,1-2H3,(H,18,19). The van der Waals surface area contributed by atoms with Crippen LogP contribution in [0.2, 0.25) is 0 Å². The van der Waals surface area contributed by atoms with Crippen molar-refractivity contribution >= 4 is 28.8 Å². The number of carboxylic acids is 1. The lowest BCUT2D eigenvalue weighted by Crippen LogP contribution is -2.21. The van der Waals surface area contributed by atoms with Crippen LogP contribution in [0.5, 0.6) is 0 Å². The number of aryl methyl sites for hydroxylation is 1. The Morgan fingerprint density at radius 1 is 1.30 bits per heavy atom. The molecule has 0 radical (unpaired) electrons. The van der Waals surface area contributed by atoms with Crippen LogP contribution in [0.4, 0.5) is 0 Å². The Labute approximate surface area is 121 Å². The second-order valence-corrected chi connectivity index (χ2v) is 5.82. The van der Waals surface area contributed by atoms with Gasteiger partial charge in [-0.2, -0.15) is 0 Å². The number of benzene rings is 1. The smallest absolute Gasteiger partial charge is 0.317 e. The number of hydrogen-bond acceptors (Lipinski definition) is 5. The maximum Gasteiger partial charge on any atom is 0.317 e. The number of para-hydroxylation sites is 2. The molecule has 1 heterocycles. The second-order valence-electron chi connectivity index (χ2n) is 4.63. The molecule has 2 unspecified atom stereocenters. The number of nitrogens with zero attached hydrogens (tertiary/aromatic N) is 2. The summed E-state index contributed by atoms with van der Waals surface area (Å²) in [6, 6.07) is 7.46. The molecule has 6 heteroatoms. The number of rotatable bonds is 5. The highest BCUT2D eigenvalue weighted by Crippen LogP contribution is 2.28. The monoisotopic (exact) mass is 292 g/mol. The van der Waals surface area contributed by atoms with Gasteiger partial charge in [-0.15, -0.1) is 0 Å². The molecule has 0 bridgehead atoms. The van der Waals surface area contributed by atoms with Gasteiger partial charge in [-0.1, -0.05) is 23.9 Å². The third-order valence-corrected chi connectivity index (χ3v) is 4.07. The molecule has 0 amide bonds. The predicted octanol–water partition coefficient (Wildman–Crippen LogP) is 2.25. The van der Waals surface area contributed by atoms with E-state index in [0.717, 1.165) is 22.8 Å². The molecule has 0 aliphatic carbocycles. The minimum absolute atomic E-state index is 0.175. The van der Waals surface area contributed by atoms with E-state index >= 15 is 0 Å². The summed E-state index contributed by atoms with van der Waals surface area (Å²) in [5, 5.41) is 18.4. The fourth-order valence-corrected chi connectivity index (χ4v) is 2.94. The average molecular weight is 292 g/mol. The molecule has 2 rings (SSSR count). The number of aliphatic carboxylic acids is 1. The van der Waals surface area contributed by atoms with Gasteiger partial charge >= 0.3 is 5.97 Å². The molecule has 5 nitrogen and oxygen atoms in total. The molecular weight excluding hydrogens is 276 g/mol. The Kier molecular flexibility index (Phi) is 4.57. The van der Waals surface area contributed by atoms with E-state index in [-0.39, 0.29) is 6.42 Å². The van der Waals surface area contributed by atoms with Crippen molar-refractivity contribution in [3.63, 3.8) is 0 Å². The second kappa shape index (κ2) is 6.19. The van der Waals surface area contributed by atoms with Gasteiger partial charge in [0.05, 0.1) is 22.8 Å². The summed E-state index contributed by atoms with van der Waals surface area (Å²) in [4.78, 5) is 20.1. The van der Waals surface area contributed by atoms with E-state index in [1.165, 1.54) is 0 Å². The number of hydrogen-bond donors (Lipinski definition) is 2. The van der Waals surface area contributed by atoms with Crippen LogP contribution in [0, 0.1) is 6.92 Å². The van der Waals surface area contributed by atoms with Gasteiger partial charge in [0.15, 0.2) is 0 Å². The zero-order valence-electron chi connectivity index (χ0n) is 11.3. The van der Waals surface area contributed by atoms with Crippen LogP contribution in [0.1, 0.15) is 19.0 Å². The Morgan fingerprint density at radius 3 is 2.45 bits per heavy atom. The largest absolute Gasteiger partial charge is 0.480 e. The highest BCUT2D eigenvalue weighted by atomic mass is 32.2. The fourth-order valence-electron chi connectivity index (χ4n) is 1.83. The van der Waals surface area contributed by atoms with Crippen molar-refractivity contribution in [3.05, 3.63) is 30.0 Å². The molecule has 20 heavy (non-hydrogen) atoms. The Bertz CT molecular complexity index is 631. The molecule has 0 aliphatic rings. The van der Waals surface area contributed by atoms with Crippen LogP contribution in [-0.4, -0.2) is 37.5 Å². The molecule has 0 spiro atoms. The average Bonchev–Trinajstić information content (AvgIpc) is 2.38. The lowest BCUT2D eigenvalue weighted by atomic mass is 10.2. The molecule has 0 saturated heterocycles.